The van der Waals surface area contributed by atoms with E-state index in [1.54, 1.807) is 30.6 Å². The summed E-state index contributed by atoms with van der Waals surface area (Å²) in [6, 6.07) is 18.4. The van der Waals surface area contributed by atoms with Gasteiger partial charge in [-0.1, -0.05) is 18.2 Å². The quantitative estimate of drug-likeness (QED) is 0.350. The maximum Gasteiger partial charge on any atom is 0.180 e. The van der Waals surface area contributed by atoms with E-state index >= 15 is 0 Å². The first-order valence-electron chi connectivity index (χ1n) is 8.12. The fourth-order valence-corrected chi connectivity index (χ4v) is 3.13. The predicted octanol–water partition coefficient (Wildman–Crippen LogP) is 5.29. The van der Waals surface area contributed by atoms with Crippen molar-refractivity contribution in [2.45, 2.75) is 4.90 Å². The first-order valence-corrected chi connectivity index (χ1v) is 8.93. The summed E-state index contributed by atoms with van der Waals surface area (Å²) in [6.45, 7) is 0. The average molecular weight is 374 g/mol. The standard InChI is InChI=1S/C19H14N6OS/c26-24-13-5-3-7-15(11-13)27-25-19-18(21-14-6-4-10-20-12-14)22-16-8-1-2-9-17(16)23-19/h1-12H,(H,21,22)(H,23,25). The van der Waals surface area contributed by atoms with Crippen molar-refractivity contribution in [3.8, 4) is 0 Å². The largest absolute Gasteiger partial charge is 0.336 e. The molecule has 2 heterocycles. The van der Waals surface area contributed by atoms with Crippen molar-refractivity contribution in [2.24, 2.45) is 5.18 Å². The summed E-state index contributed by atoms with van der Waals surface area (Å²) in [4.78, 5) is 25.0. The third-order valence-electron chi connectivity index (χ3n) is 3.68. The van der Waals surface area contributed by atoms with Gasteiger partial charge in [0.05, 0.1) is 22.9 Å². The topological polar surface area (TPSA) is 92.2 Å². The number of pyridine rings is 1. The van der Waals surface area contributed by atoms with E-state index in [9.17, 15) is 4.91 Å². The monoisotopic (exact) mass is 374 g/mol. The molecule has 0 saturated heterocycles. The van der Waals surface area contributed by atoms with Crippen molar-refractivity contribution >= 4 is 46.0 Å². The Morgan fingerprint density at radius 2 is 1.70 bits per heavy atom. The van der Waals surface area contributed by atoms with Crippen LogP contribution in [0.5, 0.6) is 0 Å². The molecule has 4 rings (SSSR count). The number of hydrogen-bond donors (Lipinski definition) is 2. The molecule has 8 heteroatoms. The van der Waals surface area contributed by atoms with Gasteiger partial charge >= 0.3 is 0 Å². The number of benzene rings is 2. The highest BCUT2D eigenvalue weighted by Crippen LogP contribution is 2.29. The number of nitrogens with one attached hydrogen (secondary N) is 2. The van der Waals surface area contributed by atoms with Crippen LogP contribution in [0.25, 0.3) is 11.0 Å². The molecule has 0 saturated carbocycles. The summed E-state index contributed by atoms with van der Waals surface area (Å²) in [5.74, 6) is 1.16. The minimum absolute atomic E-state index is 0.375. The predicted molar refractivity (Wildman–Crippen MR) is 108 cm³/mol. The van der Waals surface area contributed by atoms with Crippen molar-refractivity contribution in [1.82, 2.24) is 15.0 Å². The van der Waals surface area contributed by atoms with Gasteiger partial charge in [0.15, 0.2) is 11.6 Å². The molecule has 0 spiro atoms. The molecule has 2 N–H and O–H groups in total. The molecule has 0 unspecified atom stereocenters. The molecule has 7 nitrogen and oxygen atoms in total. The molecular weight excluding hydrogens is 360 g/mol. The number of hydrogen-bond acceptors (Lipinski definition) is 8. The lowest BCUT2D eigenvalue weighted by Gasteiger charge is -2.12. The van der Waals surface area contributed by atoms with E-state index in [-0.39, 0.29) is 0 Å². The molecule has 0 atom stereocenters. The molecule has 0 amide bonds. The molecule has 132 valence electrons. The summed E-state index contributed by atoms with van der Waals surface area (Å²) in [5, 5.41) is 6.21. The number of nitrogens with zero attached hydrogens (tertiary/aromatic N) is 4. The zero-order chi connectivity index (χ0) is 18.5. The van der Waals surface area contributed by atoms with Gasteiger partial charge in [0.2, 0.25) is 0 Å². The van der Waals surface area contributed by atoms with Crippen LogP contribution in [-0.2, 0) is 0 Å². The minimum Gasteiger partial charge on any atom is -0.336 e. The lowest BCUT2D eigenvalue weighted by atomic mass is 10.3. The van der Waals surface area contributed by atoms with Crippen LogP contribution >= 0.6 is 11.9 Å². The Hall–Kier alpha value is -3.52. The van der Waals surface area contributed by atoms with E-state index in [1.807, 2.05) is 42.5 Å². The Morgan fingerprint density at radius 3 is 2.44 bits per heavy atom. The normalized spacial score (nSPS) is 10.5. The fraction of sp³-hybridized carbons (Fsp3) is 0. The van der Waals surface area contributed by atoms with Crippen LogP contribution in [0.3, 0.4) is 0 Å². The Balaban J connectivity index is 1.66. The number of nitroso groups, excluding NO2 is 1. The van der Waals surface area contributed by atoms with Crippen LogP contribution in [0.2, 0.25) is 0 Å². The molecule has 0 bridgehead atoms. The van der Waals surface area contributed by atoms with Crippen LogP contribution < -0.4 is 10.0 Å². The van der Waals surface area contributed by atoms with E-state index in [0.29, 0.717) is 17.3 Å². The van der Waals surface area contributed by atoms with Gasteiger partial charge in [0.1, 0.15) is 5.69 Å². The zero-order valence-electron chi connectivity index (χ0n) is 14.0. The van der Waals surface area contributed by atoms with Gasteiger partial charge in [-0.05, 0) is 59.6 Å². The van der Waals surface area contributed by atoms with Gasteiger partial charge in [0.25, 0.3) is 0 Å². The van der Waals surface area contributed by atoms with E-state index in [1.165, 1.54) is 11.9 Å². The number of aromatic nitrogens is 3. The van der Waals surface area contributed by atoms with E-state index in [0.717, 1.165) is 21.6 Å². The van der Waals surface area contributed by atoms with Crippen LogP contribution in [-0.4, -0.2) is 15.0 Å². The van der Waals surface area contributed by atoms with Gasteiger partial charge < -0.3 is 10.0 Å². The van der Waals surface area contributed by atoms with Crippen molar-refractivity contribution in [3.63, 3.8) is 0 Å². The van der Waals surface area contributed by atoms with Gasteiger partial charge in [-0.25, -0.2) is 9.97 Å². The third kappa shape index (κ3) is 4.01. The molecule has 0 radical (unpaired) electrons. The second-order valence-corrected chi connectivity index (χ2v) is 6.45. The van der Waals surface area contributed by atoms with E-state index in [2.05, 4.69) is 30.2 Å². The molecular formula is C19H14N6OS. The molecule has 0 fully saturated rings. The summed E-state index contributed by atoms with van der Waals surface area (Å²) in [7, 11) is 0. The first kappa shape index (κ1) is 16.9. The van der Waals surface area contributed by atoms with Crippen molar-refractivity contribution in [2.75, 3.05) is 10.0 Å². The average Bonchev–Trinajstić information content (AvgIpc) is 2.73. The van der Waals surface area contributed by atoms with Gasteiger partial charge in [-0.2, -0.15) is 0 Å². The minimum atomic E-state index is 0.375. The molecule has 0 aliphatic heterocycles. The summed E-state index contributed by atoms with van der Waals surface area (Å²) in [6.07, 6.45) is 3.42. The van der Waals surface area contributed by atoms with Crippen LogP contribution in [0.15, 0.2) is 83.1 Å². The highest BCUT2D eigenvalue weighted by molar-refractivity contribution is 8.00. The Kier molecular flexibility index (Phi) is 4.88. The smallest absolute Gasteiger partial charge is 0.180 e. The molecule has 0 aliphatic carbocycles. The zero-order valence-corrected chi connectivity index (χ0v) is 14.9. The van der Waals surface area contributed by atoms with E-state index in [4.69, 9.17) is 0 Å². The van der Waals surface area contributed by atoms with Crippen LogP contribution in [0.4, 0.5) is 23.0 Å². The van der Waals surface area contributed by atoms with E-state index < -0.39 is 0 Å². The maximum atomic E-state index is 10.7. The highest BCUT2D eigenvalue weighted by atomic mass is 32.2. The number of fused-ring (bicyclic) bond motifs is 1. The summed E-state index contributed by atoms with van der Waals surface area (Å²) < 4.78 is 3.21. The number of para-hydroxylation sites is 2. The van der Waals surface area contributed by atoms with Gasteiger partial charge in [-0.15, -0.1) is 4.91 Å². The first-order chi connectivity index (χ1) is 13.3. The summed E-state index contributed by atoms with van der Waals surface area (Å²) in [5.41, 5.74) is 2.75. The second kappa shape index (κ2) is 7.79. The second-order valence-electron chi connectivity index (χ2n) is 5.57. The number of anilines is 3. The lowest BCUT2D eigenvalue weighted by Crippen LogP contribution is -2.02. The van der Waals surface area contributed by atoms with Crippen molar-refractivity contribution < 1.29 is 0 Å². The molecule has 4 aromatic rings. The number of rotatable bonds is 6. The molecule has 2 aromatic carbocycles. The maximum absolute atomic E-state index is 10.7. The third-order valence-corrected chi connectivity index (χ3v) is 4.47. The Morgan fingerprint density at radius 1 is 0.889 bits per heavy atom. The summed E-state index contributed by atoms with van der Waals surface area (Å²) >= 11 is 1.33. The van der Waals surface area contributed by atoms with Gasteiger partial charge in [0, 0.05) is 11.1 Å². The Bertz CT molecular complexity index is 1090. The molecule has 2 aromatic heterocycles. The fourth-order valence-electron chi connectivity index (χ4n) is 2.44. The van der Waals surface area contributed by atoms with Crippen LogP contribution in [0, 0.1) is 4.91 Å². The van der Waals surface area contributed by atoms with Crippen molar-refractivity contribution in [3.05, 3.63) is 78.0 Å². The SMILES string of the molecule is O=Nc1cccc(SNc2nc3ccccc3nc2Nc2cccnc2)c1. The van der Waals surface area contributed by atoms with Gasteiger partial charge in [-0.3, -0.25) is 4.98 Å². The highest BCUT2D eigenvalue weighted by Gasteiger charge is 2.10. The van der Waals surface area contributed by atoms with Crippen LogP contribution in [0.1, 0.15) is 0 Å². The molecule has 0 aliphatic rings. The lowest BCUT2D eigenvalue weighted by molar-refractivity contribution is 1.27. The van der Waals surface area contributed by atoms with Crippen molar-refractivity contribution in [1.29, 1.82) is 0 Å². The Labute approximate surface area is 159 Å². The molecule has 27 heavy (non-hydrogen) atoms.